The van der Waals surface area contributed by atoms with Gasteiger partial charge in [0.2, 0.25) is 0 Å². The number of rotatable bonds is 4. The van der Waals surface area contributed by atoms with Crippen molar-refractivity contribution in [3.8, 4) is 0 Å². The van der Waals surface area contributed by atoms with E-state index in [-0.39, 0.29) is 0 Å². The van der Waals surface area contributed by atoms with Crippen LogP contribution in [0.1, 0.15) is 32.8 Å². The molecule has 1 aromatic heterocycles. The van der Waals surface area contributed by atoms with Crippen molar-refractivity contribution in [1.82, 2.24) is 14.8 Å². The largest absolute Gasteiger partial charge is 0.301 e. The van der Waals surface area contributed by atoms with E-state index in [0.717, 1.165) is 38.3 Å². The first-order valence-electron chi connectivity index (χ1n) is 7.48. The summed E-state index contributed by atoms with van der Waals surface area (Å²) in [6.45, 7) is 13.6. The van der Waals surface area contributed by atoms with Crippen molar-refractivity contribution < 1.29 is 0 Å². The van der Waals surface area contributed by atoms with E-state index >= 15 is 0 Å². The van der Waals surface area contributed by atoms with Gasteiger partial charge in [-0.25, -0.2) is 4.98 Å². The van der Waals surface area contributed by atoms with Gasteiger partial charge >= 0.3 is 0 Å². The molecule has 0 bridgehead atoms. The van der Waals surface area contributed by atoms with Gasteiger partial charge in [0, 0.05) is 44.5 Å². The van der Waals surface area contributed by atoms with Crippen molar-refractivity contribution in [1.29, 1.82) is 0 Å². The molecule has 4 heteroatoms. The van der Waals surface area contributed by atoms with Gasteiger partial charge in [0.05, 0.1) is 0 Å². The highest BCUT2D eigenvalue weighted by atomic mass is 35.5. The summed E-state index contributed by atoms with van der Waals surface area (Å²) >= 11 is 6.12. The second-order valence-electron chi connectivity index (χ2n) is 6.88. The lowest BCUT2D eigenvalue weighted by atomic mass is 9.92. The standard InChI is InChI=1S/C16H26ClN3/c1-16(2,3)6-8-19-9-11-20(12-10-19)13-14-5-4-7-18-15(14)17/h4-5,7H,6,8-13H2,1-3H3. The Balaban J connectivity index is 1.76. The molecule has 2 heterocycles. The second kappa shape index (κ2) is 6.88. The van der Waals surface area contributed by atoms with Crippen LogP contribution in [-0.2, 0) is 6.54 Å². The third-order valence-electron chi connectivity index (χ3n) is 3.87. The first-order chi connectivity index (χ1) is 9.44. The molecule has 112 valence electrons. The summed E-state index contributed by atoms with van der Waals surface area (Å²) in [6, 6.07) is 4.03. The number of piperazine rings is 1. The summed E-state index contributed by atoms with van der Waals surface area (Å²) in [5.74, 6) is 0. The highest BCUT2D eigenvalue weighted by molar-refractivity contribution is 6.30. The maximum Gasteiger partial charge on any atom is 0.133 e. The third-order valence-corrected chi connectivity index (χ3v) is 4.21. The van der Waals surface area contributed by atoms with Gasteiger partial charge < -0.3 is 4.90 Å². The van der Waals surface area contributed by atoms with Crippen molar-refractivity contribution in [3.05, 3.63) is 29.0 Å². The van der Waals surface area contributed by atoms with Crippen molar-refractivity contribution in [2.45, 2.75) is 33.7 Å². The van der Waals surface area contributed by atoms with Crippen LogP contribution in [0.4, 0.5) is 0 Å². The average Bonchev–Trinajstić information content (AvgIpc) is 2.40. The highest BCUT2D eigenvalue weighted by Crippen LogP contribution is 2.20. The van der Waals surface area contributed by atoms with Crippen molar-refractivity contribution in [2.24, 2.45) is 5.41 Å². The van der Waals surface area contributed by atoms with Gasteiger partial charge in [-0.05, 0) is 24.4 Å². The molecule has 0 radical (unpaired) electrons. The van der Waals surface area contributed by atoms with Crippen molar-refractivity contribution >= 4 is 11.6 Å². The molecule has 0 aliphatic carbocycles. The van der Waals surface area contributed by atoms with Crippen molar-refractivity contribution in [3.63, 3.8) is 0 Å². The number of hydrogen-bond acceptors (Lipinski definition) is 3. The van der Waals surface area contributed by atoms with Crippen LogP contribution in [0.15, 0.2) is 18.3 Å². The molecular formula is C16H26ClN3. The van der Waals surface area contributed by atoms with Crippen LogP contribution < -0.4 is 0 Å². The fraction of sp³-hybridized carbons (Fsp3) is 0.688. The minimum atomic E-state index is 0.431. The van der Waals surface area contributed by atoms with Crippen LogP contribution in [0.2, 0.25) is 5.15 Å². The number of pyridine rings is 1. The average molecular weight is 296 g/mol. The first kappa shape index (κ1) is 15.7. The van der Waals surface area contributed by atoms with E-state index in [1.54, 1.807) is 6.20 Å². The smallest absolute Gasteiger partial charge is 0.133 e. The molecule has 0 N–H and O–H groups in total. The lowest BCUT2D eigenvalue weighted by molar-refractivity contribution is 0.116. The van der Waals surface area contributed by atoms with Crippen LogP contribution in [-0.4, -0.2) is 47.5 Å². The topological polar surface area (TPSA) is 19.4 Å². The summed E-state index contributed by atoms with van der Waals surface area (Å²) in [5.41, 5.74) is 1.57. The van der Waals surface area contributed by atoms with E-state index in [9.17, 15) is 0 Å². The minimum absolute atomic E-state index is 0.431. The SMILES string of the molecule is CC(C)(C)CCN1CCN(Cc2cccnc2Cl)CC1. The fourth-order valence-corrected chi connectivity index (χ4v) is 2.62. The molecule has 0 atom stereocenters. The molecule has 0 aromatic carbocycles. The predicted octanol–water partition coefficient (Wildman–Crippen LogP) is 3.29. The Kier molecular flexibility index (Phi) is 5.42. The van der Waals surface area contributed by atoms with Gasteiger partial charge in [-0.2, -0.15) is 0 Å². The van der Waals surface area contributed by atoms with Gasteiger partial charge in [-0.3, -0.25) is 4.90 Å². The van der Waals surface area contributed by atoms with E-state index in [1.807, 2.05) is 6.07 Å². The Hall–Kier alpha value is -0.640. The molecule has 1 aliphatic heterocycles. The quantitative estimate of drug-likeness (QED) is 0.795. The Labute approximate surface area is 127 Å². The minimum Gasteiger partial charge on any atom is -0.301 e. The zero-order valence-corrected chi connectivity index (χ0v) is 13.7. The van der Waals surface area contributed by atoms with Gasteiger partial charge in [0.15, 0.2) is 0 Å². The lowest BCUT2D eigenvalue weighted by Gasteiger charge is -2.36. The molecule has 20 heavy (non-hydrogen) atoms. The monoisotopic (exact) mass is 295 g/mol. The molecule has 0 amide bonds. The summed E-state index contributed by atoms with van der Waals surface area (Å²) < 4.78 is 0. The van der Waals surface area contributed by atoms with Gasteiger partial charge in [0.25, 0.3) is 0 Å². The van der Waals surface area contributed by atoms with Gasteiger partial charge in [-0.1, -0.05) is 38.4 Å². The Morgan fingerprint density at radius 3 is 2.40 bits per heavy atom. The molecule has 2 rings (SSSR count). The Morgan fingerprint density at radius 2 is 1.80 bits per heavy atom. The van der Waals surface area contributed by atoms with Crippen LogP contribution in [0.25, 0.3) is 0 Å². The Bertz CT molecular complexity index is 420. The zero-order valence-electron chi connectivity index (χ0n) is 12.9. The molecule has 1 fully saturated rings. The van der Waals surface area contributed by atoms with Gasteiger partial charge in [0.1, 0.15) is 5.15 Å². The molecule has 0 unspecified atom stereocenters. The number of nitrogens with zero attached hydrogens (tertiary/aromatic N) is 3. The molecule has 0 spiro atoms. The van der Waals surface area contributed by atoms with E-state index in [0.29, 0.717) is 10.6 Å². The first-order valence-corrected chi connectivity index (χ1v) is 7.86. The Morgan fingerprint density at radius 1 is 1.15 bits per heavy atom. The molecule has 1 aromatic rings. The van der Waals surface area contributed by atoms with E-state index in [1.165, 1.54) is 13.0 Å². The highest BCUT2D eigenvalue weighted by Gasteiger charge is 2.19. The van der Waals surface area contributed by atoms with E-state index in [4.69, 9.17) is 11.6 Å². The predicted molar refractivity (Wildman–Crippen MR) is 85.0 cm³/mol. The maximum absolute atomic E-state index is 6.12. The molecule has 1 saturated heterocycles. The van der Waals surface area contributed by atoms with Crippen LogP contribution in [0.5, 0.6) is 0 Å². The fourth-order valence-electron chi connectivity index (χ4n) is 2.44. The molecule has 1 aliphatic rings. The number of halogens is 1. The zero-order chi connectivity index (χ0) is 14.6. The number of hydrogen-bond donors (Lipinski definition) is 0. The molecule has 3 nitrogen and oxygen atoms in total. The molecule has 0 saturated carbocycles. The summed E-state index contributed by atoms with van der Waals surface area (Å²) in [4.78, 5) is 9.19. The summed E-state index contributed by atoms with van der Waals surface area (Å²) in [7, 11) is 0. The van der Waals surface area contributed by atoms with E-state index < -0.39 is 0 Å². The molecular weight excluding hydrogens is 270 g/mol. The normalized spacial score (nSPS) is 18.4. The second-order valence-corrected chi connectivity index (χ2v) is 7.24. The third kappa shape index (κ3) is 5.04. The summed E-state index contributed by atoms with van der Waals surface area (Å²) in [5, 5.41) is 0.641. The van der Waals surface area contributed by atoms with E-state index in [2.05, 4.69) is 41.6 Å². The number of aromatic nitrogens is 1. The lowest BCUT2D eigenvalue weighted by Crippen LogP contribution is -2.46. The van der Waals surface area contributed by atoms with Crippen LogP contribution in [0, 0.1) is 5.41 Å². The van der Waals surface area contributed by atoms with Crippen LogP contribution in [0.3, 0.4) is 0 Å². The van der Waals surface area contributed by atoms with Crippen LogP contribution >= 0.6 is 11.6 Å². The maximum atomic E-state index is 6.12. The van der Waals surface area contributed by atoms with Crippen molar-refractivity contribution in [2.75, 3.05) is 32.7 Å². The van der Waals surface area contributed by atoms with Gasteiger partial charge in [-0.15, -0.1) is 0 Å². The summed E-state index contributed by atoms with van der Waals surface area (Å²) in [6.07, 6.45) is 3.01.